The number of anilines is 1. The standard InChI is InChI=1S/C16H17ClN2O4S/c17-13-5-2-6-14(11-13)19-24(22,23)15-7-1-4-12(10-15)16(21)18-8-3-9-20/h1-2,4-7,10-11,19-20H,3,8-9H2,(H,18,21). The van der Waals surface area contributed by atoms with Gasteiger partial charge in [-0.15, -0.1) is 0 Å². The Morgan fingerprint density at radius 1 is 1.12 bits per heavy atom. The van der Waals surface area contributed by atoms with Gasteiger partial charge < -0.3 is 10.4 Å². The average Bonchev–Trinajstić information content (AvgIpc) is 2.55. The zero-order chi connectivity index (χ0) is 17.6. The molecule has 0 fully saturated rings. The van der Waals surface area contributed by atoms with Crippen LogP contribution in [-0.4, -0.2) is 32.6 Å². The molecule has 2 aromatic carbocycles. The minimum absolute atomic E-state index is 0.0295. The Kier molecular flexibility index (Phi) is 6.19. The van der Waals surface area contributed by atoms with Crippen LogP contribution < -0.4 is 10.0 Å². The van der Waals surface area contributed by atoms with Gasteiger partial charge >= 0.3 is 0 Å². The first-order chi connectivity index (χ1) is 11.4. The van der Waals surface area contributed by atoms with E-state index in [0.29, 0.717) is 23.7 Å². The summed E-state index contributed by atoms with van der Waals surface area (Å²) in [7, 11) is -3.84. The van der Waals surface area contributed by atoms with Gasteiger partial charge in [0.05, 0.1) is 10.6 Å². The van der Waals surface area contributed by atoms with Crippen molar-refractivity contribution in [3.8, 4) is 0 Å². The number of amides is 1. The summed E-state index contributed by atoms with van der Waals surface area (Å²) in [5.41, 5.74) is 0.558. The Hall–Kier alpha value is -2.09. The molecule has 24 heavy (non-hydrogen) atoms. The molecule has 6 nitrogen and oxygen atoms in total. The molecule has 128 valence electrons. The Morgan fingerprint density at radius 3 is 2.58 bits per heavy atom. The van der Waals surface area contributed by atoms with E-state index < -0.39 is 15.9 Å². The zero-order valence-electron chi connectivity index (χ0n) is 12.7. The third kappa shape index (κ3) is 4.95. The van der Waals surface area contributed by atoms with Crippen LogP contribution in [-0.2, 0) is 10.0 Å². The fraction of sp³-hybridized carbons (Fsp3) is 0.188. The molecule has 0 bridgehead atoms. The molecule has 8 heteroatoms. The lowest BCUT2D eigenvalue weighted by Crippen LogP contribution is -2.25. The quantitative estimate of drug-likeness (QED) is 0.653. The Morgan fingerprint density at radius 2 is 1.88 bits per heavy atom. The second-order valence-corrected chi connectivity index (χ2v) is 7.10. The van der Waals surface area contributed by atoms with Crippen LogP contribution in [0, 0.1) is 0 Å². The predicted molar refractivity (Wildman–Crippen MR) is 92.7 cm³/mol. The highest BCUT2D eigenvalue weighted by molar-refractivity contribution is 7.92. The summed E-state index contributed by atoms with van der Waals surface area (Å²) in [6, 6.07) is 12.0. The number of benzene rings is 2. The first-order valence-electron chi connectivity index (χ1n) is 7.20. The van der Waals surface area contributed by atoms with Gasteiger partial charge in [-0.3, -0.25) is 9.52 Å². The normalized spacial score (nSPS) is 11.1. The van der Waals surface area contributed by atoms with Crippen molar-refractivity contribution in [2.24, 2.45) is 0 Å². The summed E-state index contributed by atoms with van der Waals surface area (Å²) in [5.74, 6) is -0.400. The van der Waals surface area contributed by atoms with Gasteiger partial charge in [0.2, 0.25) is 0 Å². The van der Waals surface area contributed by atoms with Gasteiger partial charge in [0.1, 0.15) is 0 Å². The number of aliphatic hydroxyl groups excluding tert-OH is 1. The number of rotatable bonds is 7. The van der Waals surface area contributed by atoms with E-state index in [4.69, 9.17) is 16.7 Å². The number of sulfonamides is 1. The van der Waals surface area contributed by atoms with Crippen LogP contribution in [0.5, 0.6) is 0 Å². The minimum atomic E-state index is -3.84. The van der Waals surface area contributed by atoms with Crippen molar-refractivity contribution in [1.29, 1.82) is 0 Å². The smallest absolute Gasteiger partial charge is 0.261 e. The highest BCUT2D eigenvalue weighted by Gasteiger charge is 2.16. The van der Waals surface area contributed by atoms with Crippen LogP contribution in [0.2, 0.25) is 5.02 Å². The Bertz CT molecular complexity index is 824. The van der Waals surface area contributed by atoms with E-state index in [1.165, 1.54) is 30.3 Å². The van der Waals surface area contributed by atoms with Crippen molar-refractivity contribution >= 4 is 33.2 Å². The number of carbonyl (C=O) groups is 1. The maximum atomic E-state index is 12.4. The van der Waals surface area contributed by atoms with Gasteiger partial charge in [0.25, 0.3) is 15.9 Å². The number of hydrogen-bond donors (Lipinski definition) is 3. The summed E-state index contributed by atoms with van der Waals surface area (Å²) in [6.45, 7) is 0.283. The van der Waals surface area contributed by atoms with E-state index >= 15 is 0 Å². The van der Waals surface area contributed by atoms with Gasteiger partial charge in [0.15, 0.2) is 0 Å². The molecule has 0 aliphatic heterocycles. The zero-order valence-corrected chi connectivity index (χ0v) is 14.3. The first-order valence-corrected chi connectivity index (χ1v) is 9.06. The van der Waals surface area contributed by atoms with Crippen molar-refractivity contribution in [2.75, 3.05) is 17.9 Å². The molecular weight excluding hydrogens is 352 g/mol. The molecule has 0 spiro atoms. The molecule has 0 aromatic heterocycles. The molecule has 3 N–H and O–H groups in total. The summed E-state index contributed by atoms with van der Waals surface area (Å²) in [5, 5.41) is 11.7. The van der Waals surface area contributed by atoms with E-state index in [1.54, 1.807) is 18.2 Å². The maximum absolute atomic E-state index is 12.4. The predicted octanol–water partition coefficient (Wildman–Crippen LogP) is 2.25. The van der Waals surface area contributed by atoms with E-state index in [0.717, 1.165) is 0 Å². The fourth-order valence-corrected chi connectivity index (χ4v) is 3.24. The monoisotopic (exact) mass is 368 g/mol. The summed E-state index contributed by atoms with van der Waals surface area (Å²) in [4.78, 5) is 11.9. The number of hydrogen-bond acceptors (Lipinski definition) is 4. The van der Waals surface area contributed by atoms with E-state index in [-0.39, 0.29) is 17.1 Å². The summed E-state index contributed by atoms with van der Waals surface area (Å²) < 4.78 is 27.3. The lowest BCUT2D eigenvalue weighted by Gasteiger charge is -2.10. The highest BCUT2D eigenvalue weighted by atomic mass is 35.5. The molecule has 2 aromatic rings. The van der Waals surface area contributed by atoms with E-state index in [2.05, 4.69) is 10.0 Å². The molecule has 0 saturated heterocycles. The van der Waals surface area contributed by atoms with Crippen molar-refractivity contribution in [3.63, 3.8) is 0 Å². The molecule has 0 aliphatic carbocycles. The van der Waals surface area contributed by atoms with Crippen LogP contribution in [0.15, 0.2) is 53.4 Å². The molecule has 0 heterocycles. The van der Waals surface area contributed by atoms with E-state index in [9.17, 15) is 13.2 Å². The molecule has 0 atom stereocenters. The van der Waals surface area contributed by atoms with Crippen molar-refractivity contribution in [1.82, 2.24) is 5.32 Å². The van der Waals surface area contributed by atoms with E-state index in [1.807, 2.05) is 0 Å². The molecule has 1 amide bonds. The van der Waals surface area contributed by atoms with Crippen LogP contribution in [0.3, 0.4) is 0 Å². The second kappa shape index (κ2) is 8.14. The van der Waals surface area contributed by atoms with Crippen molar-refractivity contribution < 1.29 is 18.3 Å². The van der Waals surface area contributed by atoms with Gasteiger partial charge in [-0.1, -0.05) is 23.7 Å². The average molecular weight is 369 g/mol. The SMILES string of the molecule is O=C(NCCCO)c1cccc(S(=O)(=O)Nc2cccc(Cl)c2)c1. The van der Waals surface area contributed by atoms with Crippen LogP contribution in [0.1, 0.15) is 16.8 Å². The second-order valence-electron chi connectivity index (χ2n) is 4.98. The van der Waals surface area contributed by atoms with Crippen LogP contribution in [0.4, 0.5) is 5.69 Å². The summed E-state index contributed by atoms with van der Waals surface area (Å²) in [6.07, 6.45) is 0.431. The number of carbonyl (C=O) groups excluding carboxylic acids is 1. The van der Waals surface area contributed by atoms with Gasteiger partial charge in [-0.2, -0.15) is 0 Å². The molecule has 0 radical (unpaired) electrons. The molecule has 0 aliphatic rings. The molecule has 2 rings (SSSR count). The van der Waals surface area contributed by atoms with Crippen molar-refractivity contribution in [2.45, 2.75) is 11.3 Å². The molecule has 0 saturated carbocycles. The van der Waals surface area contributed by atoms with Crippen LogP contribution >= 0.6 is 11.6 Å². The molecule has 0 unspecified atom stereocenters. The fourth-order valence-electron chi connectivity index (χ4n) is 1.95. The number of aliphatic hydroxyl groups is 1. The Balaban J connectivity index is 2.18. The molecular formula is C16H17ClN2O4S. The largest absolute Gasteiger partial charge is 0.396 e. The van der Waals surface area contributed by atoms with Gasteiger partial charge in [-0.25, -0.2) is 8.42 Å². The maximum Gasteiger partial charge on any atom is 0.261 e. The first kappa shape index (κ1) is 18.3. The number of nitrogens with one attached hydrogen (secondary N) is 2. The topological polar surface area (TPSA) is 95.5 Å². The van der Waals surface area contributed by atoms with Gasteiger partial charge in [-0.05, 0) is 42.8 Å². The minimum Gasteiger partial charge on any atom is -0.396 e. The van der Waals surface area contributed by atoms with Crippen LogP contribution in [0.25, 0.3) is 0 Å². The number of halogens is 1. The third-order valence-electron chi connectivity index (χ3n) is 3.10. The lowest BCUT2D eigenvalue weighted by molar-refractivity contribution is 0.0951. The lowest BCUT2D eigenvalue weighted by atomic mass is 10.2. The van der Waals surface area contributed by atoms with Crippen molar-refractivity contribution in [3.05, 3.63) is 59.1 Å². The Labute approximate surface area is 145 Å². The van der Waals surface area contributed by atoms with Gasteiger partial charge in [0, 0.05) is 23.7 Å². The highest BCUT2D eigenvalue weighted by Crippen LogP contribution is 2.20. The summed E-state index contributed by atoms with van der Waals surface area (Å²) >= 11 is 5.84. The third-order valence-corrected chi connectivity index (χ3v) is 4.72.